The van der Waals surface area contributed by atoms with Gasteiger partial charge in [-0.25, -0.2) is 4.39 Å². The molecule has 0 unspecified atom stereocenters. The van der Waals surface area contributed by atoms with E-state index in [1.807, 2.05) is 0 Å². The second kappa shape index (κ2) is 10.1. The van der Waals surface area contributed by atoms with E-state index < -0.39 is 28.2 Å². The molecule has 1 heterocycles. The summed E-state index contributed by atoms with van der Waals surface area (Å²) in [6, 6.07) is 12.3. The third-order valence-corrected chi connectivity index (χ3v) is 6.57. The molecule has 5 nitrogen and oxygen atoms in total. The van der Waals surface area contributed by atoms with Crippen LogP contribution in [0.15, 0.2) is 53.7 Å². The first-order chi connectivity index (χ1) is 17.4. The summed E-state index contributed by atoms with van der Waals surface area (Å²) in [4.78, 5) is 30.3. The molecule has 3 aromatic rings. The van der Waals surface area contributed by atoms with Crippen LogP contribution in [-0.4, -0.2) is 23.9 Å². The Morgan fingerprint density at radius 3 is 2.49 bits per heavy atom. The highest BCUT2D eigenvalue weighted by Gasteiger charge is 2.42. The molecule has 1 aliphatic heterocycles. The van der Waals surface area contributed by atoms with E-state index in [1.165, 1.54) is 0 Å². The topological polar surface area (TPSA) is 67.8 Å². The number of rotatable bonds is 7. The number of hydrogen-bond donors (Lipinski definition) is 1. The minimum atomic E-state index is -4.93. The molecular formula is C27H23ClF4N2O3. The molecule has 10 heteroatoms. The van der Waals surface area contributed by atoms with Crippen molar-refractivity contribution in [2.75, 3.05) is 6.54 Å². The van der Waals surface area contributed by atoms with Crippen molar-refractivity contribution < 1.29 is 32.0 Å². The van der Waals surface area contributed by atoms with Crippen LogP contribution < -0.4 is 5.32 Å². The predicted molar refractivity (Wildman–Crippen MR) is 132 cm³/mol. The summed E-state index contributed by atoms with van der Waals surface area (Å²) in [5.74, 6) is -1.94. The molecule has 4 rings (SSSR count). The lowest BCUT2D eigenvalue weighted by Crippen LogP contribution is -2.24. The van der Waals surface area contributed by atoms with Crippen LogP contribution in [0.3, 0.4) is 0 Å². The minimum Gasteiger partial charge on any atom is -0.384 e. The van der Waals surface area contributed by atoms with Gasteiger partial charge in [0.25, 0.3) is 0 Å². The maximum atomic E-state index is 14.1. The summed E-state index contributed by atoms with van der Waals surface area (Å²) in [6.45, 7) is 3.83. The van der Waals surface area contributed by atoms with Gasteiger partial charge in [0, 0.05) is 42.5 Å². The van der Waals surface area contributed by atoms with Crippen molar-refractivity contribution in [2.24, 2.45) is 5.16 Å². The SMILES string of the molecule is CCNC(=O)CCC(=O)c1ccc(C2=NO[C@](C)(c3cc(Cl)c(F)c(C(F)(F)F)c3)C2)c2ccccc12. The van der Waals surface area contributed by atoms with Crippen LogP contribution in [0.4, 0.5) is 17.6 Å². The zero-order valence-electron chi connectivity index (χ0n) is 20.0. The Labute approximate surface area is 215 Å². The van der Waals surface area contributed by atoms with Gasteiger partial charge >= 0.3 is 6.18 Å². The van der Waals surface area contributed by atoms with Crippen molar-refractivity contribution in [3.63, 3.8) is 0 Å². The summed E-state index contributed by atoms with van der Waals surface area (Å²) >= 11 is 5.78. The highest BCUT2D eigenvalue weighted by atomic mass is 35.5. The Morgan fingerprint density at radius 1 is 1.11 bits per heavy atom. The van der Waals surface area contributed by atoms with Gasteiger partial charge in [0.15, 0.2) is 17.2 Å². The third kappa shape index (κ3) is 5.32. The van der Waals surface area contributed by atoms with Crippen LogP contribution in [0.2, 0.25) is 5.02 Å². The lowest BCUT2D eigenvalue weighted by molar-refractivity contribution is -0.140. The van der Waals surface area contributed by atoms with Crippen molar-refractivity contribution in [1.82, 2.24) is 5.32 Å². The van der Waals surface area contributed by atoms with E-state index in [0.29, 0.717) is 40.2 Å². The van der Waals surface area contributed by atoms with E-state index in [1.54, 1.807) is 50.2 Å². The number of nitrogens with one attached hydrogen (secondary N) is 1. The van der Waals surface area contributed by atoms with Crippen molar-refractivity contribution in [1.29, 1.82) is 0 Å². The van der Waals surface area contributed by atoms with E-state index in [2.05, 4.69) is 10.5 Å². The molecule has 3 aromatic carbocycles. The average Bonchev–Trinajstić information content (AvgIpc) is 3.25. The maximum absolute atomic E-state index is 14.1. The molecule has 0 aromatic heterocycles. The molecule has 1 N–H and O–H groups in total. The fourth-order valence-electron chi connectivity index (χ4n) is 4.38. The number of carbonyl (C=O) groups excluding carboxylic acids is 2. The molecule has 0 aliphatic carbocycles. The Kier molecular flexibility index (Phi) is 7.28. The number of amides is 1. The fraction of sp³-hybridized carbons (Fsp3) is 0.296. The standard InChI is InChI=1S/C27H23ClF4N2O3/c1-3-33-24(36)11-10-23(35)19-9-8-18(16-6-4-5-7-17(16)19)22-14-26(2,37-34-22)15-12-20(27(30,31)32)25(29)21(28)13-15/h4-9,12-13H,3,10-11,14H2,1-2H3,(H,33,36)/t26-/m0/s1. The number of fused-ring (bicyclic) bond motifs is 1. The second-order valence-corrected chi connectivity index (χ2v) is 9.34. The normalized spacial score (nSPS) is 17.4. The van der Waals surface area contributed by atoms with E-state index >= 15 is 0 Å². The van der Waals surface area contributed by atoms with Gasteiger partial charge in [-0.2, -0.15) is 13.2 Å². The molecule has 1 atom stereocenters. The minimum absolute atomic E-state index is 0.0337. The lowest BCUT2D eigenvalue weighted by Gasteiger charge is -2.24. The van der Waals surface area contributed by atoms with Crippen molar-refractivity contribution >= 4 is 39.8 Å². The van der Waals surface area contributed by atoms with Gasteiger partial charge in [0.05, 0.1) is 16.3 Å². The van der Waals surface area contributed by atoms with Gasteiger partial charge in [0.2, 0.25) is 5.91 Å². The van der Waals surface area contributed by atoms with Crippen molar-refractivity contribution in [3.8, 4) is 0 Å². The van der Waals surface area contributed by atoms with Crippen molar-refractivity contribution in [2.45, 2.75) is 44.9 Å². The Balaban J connectivity index is 1.65. The maximum Gasteiger partial charge on any atom is 0.419 e. The molecule has 1 aliphatic rings. The number of halogens is 5. The van der Waals surface area contributed by atoms with Gasteiger partial charge < -0.3 is 10.2 Å². The summed E-state index contributed by atoms with van der Waals surface area (Å²) in [5, 5.41) is 7.50. The average molecular weight is 535 g/mol. The Morgan fingerprint density at radius 2 is 1.81 bits per heavy atom. The smallest absolute Gasteiger partial charge is 0.384 e. The van der Waals surface area contributed by atoms with Gasteiger partial charge in [0.1, 0.15) is 0 Å². The summed E-state index contributed by atoms with van der Waals surface area (Å²) in [7, 11) is 0. The molecule has 0 bridgehead atoms. The van der Waals surface area contributed by atoms with Crippen LogP contribution in [0.25, 0.3) is 10.8 Å². The fourth-order valence-corrected chi connectivity index (χ4v) is 4.60. The van der Waals surface area contributed by atoms with Crippen LogP contribution in [-0.2, 0) is 21.4 Å². The molecule has 0 saturated carbocycles. The highest BCUT2D eigenvalue weighted by Crippen LogP contribution is 2.42. The van der Waals surface area contributed by atoms with Gasteiger partial charge in [-0.3, -0.25) is 9.59 Å². The Hall–Kier alpha value is -3.46. The van der Waals surface area contributed by atoms with Crippen LogP contribution >= 0.6 is 11.6 Å². The van der Waals surface area contributed by atoms with Crippen molar-refractivity contribution in [3.05, 3.63) is 81.6 Å². The molecule has 0 saturated heterocycles. The molecule has 1 amide bonds. The first-order valence-electron chi connectivity index (χ1n) is 11.6. The quantitative estimate of drug-likeness (QED) is 0.268. The Bertz CT molecular complexity index is 1420. The highest BCUT2D eigenvalue weighted by molar-refractivity contribution is 6.31. The number of benzene rings is 3. The number of hydrogen-bond acceptors (Lipinski definition) is 4. The molecule has 0 fully saturated rings. The molecule has 194 valence electrons. The first-order valence-corrected chi connectivity index (χ1v) is 12.0. The van der Waals surface area contributed by atoms with Gasteiger partial charge in [-0.05, 0) is 36.8 Å². The van der Waals surface area contributed by atoms with E-state index in [4.69, 9.17) is 16.4 Å². The molecule has 37 heavy (non-hydrogen) atoms. The van der Waals surface area contributed by atoms with E-state index in [-0.39, 0.29) is 36.5 Å². The van der Waals surface area contributed by atoms with Gasteiger partial charge in [-0.1, -0.05) is 53.2 Å². The van der Waals surface area contributed by atoms with E-state index in [0.717, 1.165) is 6.07 Å². The molecular weight excluding hydrogens is 512 g/mol. The number of alkyl halides is 3. The number of oxime groups is 1. The van der Waals surface area contributed by atoms with Crippen LogP contribution in [0.5, 0.6) is 0 Å². The summed E-state index contributed by atoms with van der Waals surface area (Å²) < 4.78 is 54.2. The monoisotopic (exact) mass is 534 g/mol. The predicted octanol–water partition coefficient (Wildman–Crippen LogP) is 6.79. The lowest BCUT2D eigenvalue weighted by atomic mass is 9.86. The van der Waals surface area contributed by atoms with Crippen LogP contribution in [0.1, 0.15) is 60.2 Å². The largest absolute Gasteiger partial charge is 0.419 e. The zero-order valence-corrected chi connectivity index (χ0v) is 20.8. The number of ketones is 1. The third-order valence-electron chi connectivity index (χ3n) is 6.29. The summed E-state index contributed by atoms with van der Waals surface area (Å²) in [6.07, 6.45) is -4.73. The number of Topliss-reactive ketones (excluding diaryl/α,β-unsaturated/α-hetero) is 1. The number of carbonyl (C=O) groups is 2. The van der Waals surface area contributed by atoms with E-state index in [9.17, 15) is 27.2 Å². The van der Waals surface area contributed by atoms with Gasteiger partial charge in [-0.15, -0.1) is 0 Å². The molecule has 0 radical (unpaired) electrons. The zero-order chi connectivity index (χ0) is 27.0. The summed E-state index contributed by atoms with van der Waals surface area (Å²) in [5.41, 5.74) is -1.22. The first kappa shape index (κ1) is 26.6. The second-order valence-electron chi connectivity index (χ2n) is 8.94. The number of nitrogens with zero attached hydrogens (tertiary/aromatic N) is 1. The molecule has 0 spiro atoms. The van der Waals surface area contributed by atoms with Crippen LogP contribution in [0, 0.1) is 5.82 Å².